The highest BCUT2D eigenvalue weighted by molar-refractivity contribution is 7.92. The van der Waals surface area contributed by atoms with Crippen molar-refractivity contribution in [2.75, 3.05) is 30.8 Å². The zero-order valence-corrected chi connectivity index (χ0v) is 19.8. The number of nitrogens with one attached hydrogen (secondary N) is 2. The zero-order chi connectivity index (χ0) is 24.4. The first-order chi connectivity index (χ1) is 15.6. The van der Waals surface area contributed by atoms with E-state index in [1.165, 1.54) is 13.3 Å². The molecule has 0 aliphatic carbocycles. The van der Waals surface area contributed by atoms with Crippen molar-refractivity contribution in [2.45, 2.75) is 19.9 Å². The molecule has 0 radical (unpaired) electrons. The summed E-state index contributed by atoms with van der Waals surface area (Å²) in [6.07, 6.45) is 2.43. The highest BCUT2D eigenvalue weighted by atomic mass is 32.2. The summed E-state index contributed by atoms with van der Waals surface area (Å²) in [7, 11) is -2.19. The molecule has 0 atom stereocenters. The predicted octanol–water partition coefficient (Wildman–Crippen LogP) is 1.51. The molecule has 0 aliphatic heterocycles. The monoisotopic (exact) mass is 476 g/mol. The van der Waals surface area contributed by atoms with Crippen LogP contribution in [0, 0.1) is 0 Å². The Bertz CT molecular complexity index is 1070. The topological polar surface area (TPSA) is 126 Å². The maximum Gasteiger partial charge on any atom is 0.260 e. The largest absolute Gasteiger partial charge is 0.497 e. The van der Waals surface area contributed by atoms with Crippen LogP contribution in [0.1, 0.15) is 19.4 Å². The molecule has 2 amide bonds. The summed E-state index contributed by atoms with van der Waals surface area (Å²) in [6, 6.07) is 13.1. The molecule has 10 nitrogen and oxygen atoms in total. The number of nitrogens with zero attached hydrogens (tertiary/aromatic N) is 2. The van der Waals surface area contributed by atoms with Crippen LogP contribution in [0.15, 0.2) is 53.6 Å². The number of hydrogen-bond donors (Lipinski definition) is 2. The van der Waals surface area contributed by atoms with Crippen LogP contribution in [-0.2, 0) is 19.6 Å². The average molecular weight is 477 g/mol. The molecule has 0 saturated heterocycles. The lowest BCUT2D eigenvalue weighted by Gasteiger charge is -2.21. The van der Waals surface area contributed by atoms with Crippen LogP contribution >= 0.6 is 0 Å². The summed E-state index contributed by atoms with van der Waals surface area (Å²) in [4.78, 5) is 23.9. The number of amides is 2. The van der Waals surface area contributed by atoms with Gasteiger partial charge in [0, 0.05) is 6.04 Å². The van der Waals surface area contributed by atoms with Crippen molar-refractivity contribution in [3.05, 3.63) is 54.1 Å². The van der Waals surface area contributed by atoms with E-state index in [1.54, 1.807) is 48.5 Å². The Hall–Kier alpha value is -3.60. The minimum atomic E-state index is -3.70. The van der Waals surface area contributed by atoms with Crippen LogP contribution in [0.2, 0.25) is 0 Å². The van der Waals surface area contributed by atoms with Crippen molar-refractivity contribution in [2.24, 2.45) is 5.10 Å². The minimum absolute atomic E-state index is 0.0376. The quantitative estimate of drug-likeness (QED) is 0.374. The van der Waals surface area contributed by atoms with Crippen molar-refractivity contribution >= 4 is 33.7 Å². The number of benzene rings is 2. The Morgan fingerprint density at radius 2 is 1.64 bits per heavy atom. The third-order valence-electron chi connectivity index (χ3n) is 4.15. The molecule has 0 saturated carbocycles. The van der Waals surface area contributed by atoms with Gasteiger partial charge in [-0.3, -0.25) is 13.9 Å². The summed E-state index contributed by atoms with van der Waals surface area (Å²) in [6.45, 7) is 3.20. The van der Waals surface area contributed by atoms with Gasteiger partial charge < -0.3 is 14.8 Å². The highest BCUT2D eigenvalue weighted by Crippen LogP contribution is 2.21. The summed E-state index contributed by atoms with van der Waals surface area (Å²) in [5.74, 6) is 0.259. The number of carbonyl (C=O) groups is 2. The number of carbonyl (C=O) groups excluding carboxylic acids is 2. The summed E-state index contributed by atoms with van der Waals surface area (Å²) >= 11 is 0. The van der Waals surface area contributed by atoms with Crippen molar-refractivity contribution < 1.29 is 27.5 Å². The van der Waals surface area contributed by atoms with Gasteiger partial charge in [0.05, 0.1) is 25.3 Å². The number of ether oxygens (including phenoxy) is 2. The van der Waals surface area contributed by atoms with E-state index in [9.17, 15) is 18.0 Å². The van der Waals surface area contributed by atoms with Gasteiger partial charge in [-0.05, 0) is 67.9 Å². The molecule has 11 heteroatoms. The molecule has 2 rings (SSSR count). The van der Waals surface area contributed by atoms with Crippen LogP contribution < -0.4 is 24.5 Å². The van der Waals surface area contributed by atoms with Gasteiger partial charge in [-0.2, -0.15) is 5.10 Å². The molecule has 0 aliphatic rings. The Morgan fingerprint density at radius 3 is 2.18 bits per heavy atom. The predicted molar refractivity (Wildman–Crippen MR) is 126 cm³/mol. The summed E-state index contributed by atoms with van der Waals surface area (Å²) in [5, 5.41) is 6.59. The number of rotatable bonds is 11. The van der Waals surface area contributed by atoms with E-state index in [-0.39, 0.29) is 18.6 Å². The number of hydrazone groups is 1. The lowest BCUT2D eigenvalue weighted by atomic mass is 10.2. The molecular weight excluding hydrogens is 448 g/mol. The number of methoxy groups -OCH3 is 1. The second-order valence-corrected chi connectivity index (χ2v) is 9.25. The molecule has 178 valence electrons. The van der Waals surface area contributed by atoms with Crippen molar-refractivity contribution in [3.63, 3.8) is 0 Å². The molecule has 0 heterocycles. The molecule has 0 bridgehead atoms. The minimum Gasteiger partial charge on any atom is -0.497 e. The van der Waals surface area contributed by atoms with Crippen molar-refractivity contribution in [1.29, 1.82) is 0 Å². The first-order valence-electron chi connectivity index (χ1n) is 10.0. The molecule has 2 aromatic carbocycles. The first kappa shape index (κ1) is 25.7. The molecule has 0 unspecified atom stereocenters. The molecule has 33 heavy (non-hydrogen) atoms. The second-order valence-electron chi connectivity index (χ2n) is 7.34. The molecule has 0 aromatic heterocycles. The molecule has 2 N–H and O–H groups in total. The van der Waals surface area contributed by atoms with Gasteiger partial charge in [-0.1, -0.05) is 0 Å². The van der Waals surface area contributed by atoms with Gasteiger partial charge in [0.15, 0.2) is 6.61 Å². The molecule has 2 aromatic rings. The van der Waals surface area contributed by atoms with E-state index in [0.29, 0.717) is 22.7 Å². The van der Waals surface area contributed by atoms with Gasteiger partial charge in [-0.15, -0.1) is 0 Å². The third kappa shape index (κ3) is 8.81. The van der Waals surface area contributed by atoms with Gasteiger partial charge in [0.25, 0.3) is 11.8 Å². The Balaban J connectivity index is 1.91. The molecule has 0 spiro atoms. The van der Waals surface area contributed by atoms with E-state index >= 15 is 0 Å². The second kappa shape index (κ2) is 11.9. The maximum absolute atomic E-state index is 12.3. The molecular formula is C22H28N4O6S. The zero-order valence-electron chi connectivity index (χ0n) is 18.9. The lowest BCUT2D eigenvalue weighted by molar-refractivity contribution is -0.123. The van der Waals surface area contributed by atoms with Crippen LogP contribution in [0.4, 0.5) is 5.69 Å². The van der Waals surface area contributed by atoms with E-state index in [0.717, 1.165) is 10.6 Å². The number of sulfonamides is 1. The van der Waals surface area contributed by atoms with Gasteiger partial charge in [0.2, 0.25) is 10.0 Å². The van der Waals surface area contributed by atoms with Crippen LogP contribution in [-0.4, -0.2) is 59.0 Å². The smallest absolute Gasteiger partial charge is 0.260 e. The molecule has 0 fully saturated rings. The standard InChI is InChI=1S/C22H28N4O6S/c1-16(2)24-22(28)15-32-20-9-5-17(6-10-20)13-23-25-21(27)14-26(33(4,29)30)18-7-11-19(31-3)12-8-18/h5-13,16H,14-15H2,1-4H3,(H,24,28)(H,25,27)/b23-13-. The maximum atomic E-state index is 12.3. The third-order valence-corrected chi connectivity index (χ3v) is 5.29. The Morgan fingerprint density at radius 1 is 1.03 bits per heavy atom. The fourth-order valence-corrected chi connectivity index (χ4v) is 3.51. The number of anilines is 1. The van der Waals surface area contributed by atoms with Crippen molar-refractivity contribution in [3.8, 4) is 11.5 Å². The highest BCUT2D eigenvalue weighted by Gasteiger charge is 2.20. The fraction of sp³-hybridized carbons (Fsp3) is 0.318. The van der Waals surface area contributed by atoms with Gasteiger partial charge in [0.1, 0.15) is 18.0 Å². The Kier molecular flexibility index (Phi) is 9.22. The van der Waals surface area contributed by atoms with Crippen LogP contribution in [0.5, 0.6) is 11.5 Å². The first-order valence-corrected chi connectivity index (χ1v) is 11.9. The average Bonchev–Trinajstić information content (AvgIpc) is 2.76. The van der Waals surface area contributed by atoms with Crippen molar-refractivity contribution in [1.82, 2.24) is 10.7 Å². The summed E-state index contributed by atoms with van der Waals surface area (Å²) < 4.78 is 35.7. The lowest BCUT2D eigenvalue weighted by Crippen LogP contribution is -2.39. The fourth-order valence-electron chi connectivity index (χ4n) is 2.66. The van der Waals surface area contributed by atoms with E-state index in [1.807, 2.05) is 13.8 Å². The number of hydrogen-bond acceptors (Lipinski definition) is 7. The summed E-state index contributed by atoms with van der Waals surface area (Å²) in [5.41, 5.74) is 3.31. The Labute approximate surface area is 193 Å². The van der Waals surface area contributed by atoms with E-state index in [2.05, 4.69) is 15.8 Å². The van der Waals surface area contributed by atoms with E-state index < -0.39 is 22.5 Å². The normalized spacial score (nSPS) is 11.3. The van der Waals surface area contributed by atoms with Gasteiger partial charge >= 0.3 is 0 Å². The van der Waals surface area contributed by atoms with Crippen LogP contribution in [0.3, 0.4) is 0 Å². The SMILES string of the molecule is COc1ccc(N(CC(=O)N/N=C\c2ccc(OCC(=O)NC(C)C)cc2)S(C)(=O)=O)cc1. The van der Waals surface area contributed by atoms with Gasteiger partial charge in [-0.25, -0.2) is 13.8 Å². The van der Waals surface area contributed by atoms with Crippen LogP contribution in [0.25, 0.3) is 0 Å². The van der Waals surface area contributed by atoms with E-state index in [4.69, 9.17) is 9.47 Å².